The molecule has 1 aromatic heterocycles. The standard InChI is InChI=1S/C20H22N6O3S/c27-20(22-17-7-9-18(10-8-17)26-15-21-23-24-26)16-5-11-19(12-6-16)30(28,29)25-13-3-1-2-4-14-25/h5-12,15H,1-4,13-14H2,(H,22,27). The van der Waals surface area contributed by atoms with Crippen molar-refractivity contribution in [3.05, 3.63) is 60.4 Å². The third-order valence-corrected chi connectivity index (χ3v) is 6.97. The summed E-state index contributed by atoms with van der Waals surface area (Å²) >= 11 is 0. The van der Waals surface area contributed by atoms with Crippen LogP contribution in [-0.2, 0) is 10.0 Å². The van der Waals surface area contributed by atoms with Crippen molar-refractivity contribution in [2.75, 3.05) is 18.4 Å². The molecule has 2 heterocycles. The van der Waals surface area contributed by atoms with Gasteiger partial charge >= 0.3 is 0 Å². The van der Waals surface area contributed by atoms with Crippen LogP contribution in [0.5, 0.6) is 0 Å². The maximum Gasteiger partial charge on any atom is 0.255 e. The highest BCUT2D eigenvalue weighted by Crippen LogP contribution is 2.21. The van der Waals surface area contributed by atoms with Crippen molar-refractivity contribution in [3.8, 4) is 5.69 Å². The minimum absolute atomic E-state index is 0.215. The summed E-state index contributed by atoms with van der Waals surface area (Å²) in [7, 11) is -3.53. The van der Waals surface area contributed by atoms with Crippen LogP contribution in [-0.4, -0.2) is 51.9 Å². The van der Waals surface area contributed by atoms with Crippen LogP contribution in [0.2, 0.25) is 0 Å². The summed E-state index contributed by atoms with van der Waals surface area (Å²) in [4.78, 5) is 12.7. The highest BCUT2D eigenvalue weighted by atomic mass is 32.2. The third kappa shape index (κ3) is 4.39. The Morgan fingerprint density at radius 1 is 0.900 bits per heavy atom. The van der Waals surface area contributed by atoms with Gasteiger partial charge < -0.3 is 5.32 Å². The van der Waals surface area contributed by atoms with Crippen molar-refractivity contribution in [2.45, 2.75) is 30.6 Å². The number of anilines is 1. The van der Waals surface area contributed by atoms with E-state index in [1.54, 1.807) is 28.6 Å². The van der Waals surface area contributed by atoms with E-state index in [1.165, 1.54) is 35.3 Å². The fourth-order valence-corrected chi connectivity index (χ4v) is 4.91. The summed E-state index contributed by atoms with van der Waals surface area (Å²) in [6.07, 6.45) is 5.36. The third-order valence-electron chi connectivity index (χ3n) is 5.06. The van der Waals surface area contributed by atoms with Gasteiger partial charge in [0.05, 0.1) is 10.6 Å². The highest BCUT2D eigenvalue weighted by molar-refractivity contribution is 7.89. The van der Waals surface area contributed by atoms with Gasteiger partial charge in [-0.2, -0.15) is 4.31 Å². The Hall–Kier alpha value is -3.11. The monoisotopic (exact) mass is 426 g/mol. The van der Waals surface area contributed by atoms with E-state index in [0.29, 0.717) is 24.3 Å². The van der Waals surface area contributed by atoms with Crippen molar-refractivity contribution in [1.29, 1.82) is 0 Å². The van der Waals surface area contributed by atoms with Crippen LogP contribution in [0, 0.1) is 0 Å². The molecule has 0 saturated carbocycles. The summed E-state index contributed by atoms with van der Waals surface area (Å²) in [6, 6.07) is 13.1. The molecule has 10 heteroatoms. The van der Waals surface area contributed by atoms with Gasteiger partial charge in [-0.25, -0.2) is 13.1 Å². The van der Waals surface area contributed by atoms with E-state index in [2.05, 4.69) is 20.8 Å². The summed E-state index contributed by atoms with van der Waals surface area (Å²) in [5.74, 6) is -0.316. The van der Waals surface area contributed by atoms with E-state index < -0.39 is 10.0 Å². The van der Waals surface area contributed by atoms with Crippen molar-refractivity contribution in [1.82, 2.24) is 24.5 Å². The van der Waals surface area contributed by atoms with E-state index in [1.807, 2.05) is 0 Å². The number of carbonyl (C=O) groups is 1. The molecule has 0 aliphatic carbocycles. The van der Waals surface area contributed by atoms with E-state index >= 15 is 0 Å². The summed E-state index contributed by atoms with van der Waals surface area (Å²) < 4.78 is 28.8. The normalized spacial score (nSPS) is 15.5. The Labute approximate surface area is 174 Å². The zero-order chi connectivity index (χ0) is 21.0. The largest absolute Gasteiger partial charge is 0.322 e. The Bertz CT molecular complexity index is 1090. The molecule has 1 amide bonds. The lowest BCUT2D eigenvalue weighted by molar-refractivity contribution is 0.102. The summed E-state index contributed by atoms with van der Waals surface area (Å²) in [5, 5.41) is 13.8. The number of benzene rings is 2. The predicted octanol–water partition coefficient (Wildman–Crippen LogP) is 2.48. The minimum Gasteiger partial charge on any atom is -0.322 e. The quantitative estimate of drug-likeness (QED) is 0.671. The first-order valence-electron chi connectivity index (χ1n) is 9.79. The Morgan fingerprint density at radius 3 is 2.17 bits per heavy atom. The van der Waals surface area contributed by atoms with Gasteiger partial charge in [0.1, 0.15) is 6.33 Å². The Kier molecular flexibility index (Phi) is 5.86. The number of aromatic nitrogens is 4. The van der Waals surface area contributed by atoms with Crippen molar-refractivity contribution >= 4 is 21.6 Å². The molecule has 1 saturated heterocycles. The summed E-state index contributed by atoms with van der Waals surface area (Å²) in [5.41, 5.74) is 1.76. The maximum absolute atomic E-state index is 12.9. The Morgan fingerprint density at radius 2 is 1.57 bits per heavy atom. The minimum atomic E-state index is -3.53. The van der Waals surface area contributed by atoms with Crippen LogP contribution in [0.1, 0.15) is 36.0 Å². The van der Waals surface area contributed by atoms with Crippen LogP contribution in [0.4, 0.5) is 5.69 Å². The molecule has 0 unspecified atom stereocenters. The zero-order valence-corrected chi connectivity index (χ0v) is 17.1. The molecule has 1 aliphatic rings. The number of sulfonamides is 1. The maximum atomic E-state index is 12.9. The van der Waals surface area contributed by atoms with Gasteiger partial charge in [0.15, 0.2) is 0 Å². The molecule has 3 aromatic rings. The van der Waals surface area contributed by atoms with Crippen LogP contribution < -0.4 is 5.32 Å². The average Bonchev–Trinajstić information content (AvgIpc) is 3.16. The molecule has 9 nitrogen and oxygen atoms in total. The van der Waals surface area contributed by atoms with E-state index in [9.17, 15) is 13.2 Å². The fourth-order valence-electron chi connectivity index (χ4n) is 3.39. The van der Waals surface area contributed by atoms with Crippen molar-refractivity contribution in [3.63, 3.8) is 0 Å². The number of nitrogens with one attached hydrogen (secondary N) is 1. The summed E-state index contributed by atoms with van der Waals surface area (Å²) in [6.45, 7) is 1.09. The lowest BCUT2D eigenvalue weighted by atomic mass is 10.2. The van der Waals surface area contributed by atoms with Gasteiger partial charge in [-0.15, -0.1) is 5.10 Å². The lowest BCUT2D eigenvalue weighted by Gasteiger charge is -2.20. The van der Waals surface area contributed by atoms with Gasteiger partial charge in [-0.1, -0.05) is 12.8 Å². The number of hydrogen-bond acceptors (Lipinski definition) is 6. The molecule has 1 fully saturated rings. The predicted molar refractivity (Wildman–Crippen MR) is 111 cm³/mol. The van der Waals surface area contributed by atoms with Gasteiger partial charge in [0.25, 0.3) is 5.91 Å². The van der Waals surface area contributed by atoms with Gasteiger partial charge in [0.2, 0.25) is 10.0 Å². The zero-order valence-electron chi connectivity index (χ0n) is 16.3. The second-order valence-electron chi connectivity index (χ2n) is 7.10. The number of rotatable bonds is 5. The average molecular weight is 427 g/mol. The number of carbonyl (C=O) groups excluding carboxylic acids is 1. The number of nitrogens with zero attached hydrogens (tertiary/aromatic N) is 5. The molecule has 1 aliphatic heterocycles. The van der Waals surface area contributed by atoms with Crippen LogP contribution in [0.15, 0.2) is 59.8 Å². The topological polar surface area (TPSA) is 110 Å². The molecule has 4 rings (SSSR count). The molecule has 156 valence electrons. The van der Waals surface area contributed by atoms with E-state index in [0.717, 1.165) is 31.4 Å². The first-order valence-corrected chi connectivity index (χ1v) is 11.2. The van der Waals surface area contributed by atoms with Crippen LogP contribution in [0.25, 0.3) is 5.69 Å². The smallest absolute Gasteiger partial charge is 0.255 e. The van der Waals surface area contributed by atoms with E-state index in [4.69, 9.17) is 0 Å². The number of hydrogen-bond donors (Lipinski definition) is 1. The van der Waals surface area contributed by atoms with Crippen molar-refractivity contribution in [2.24, 2.45) is 0 Å². The second kappa shape index (κ2) is 8.72. The highest BCUT2D eigenvalue weighted by Gasteiger charge is 2.25. The number of amides is 1. The molecule has 0 bridgehead atoms. The SMILES string of the molecule is O=C(Nc1ccc(-n2cnnn2)cc1)c1ccc(S(=O)(=O)N2CCCCCC2)cc1. The first-order chi connectivity index (χ1) is 14.5. The van der Waals surface area contributed by atoms with Crippen LogP contribution in [0.3, 0.4) is 0 Å². The molecule has 1 N–H and O–H groups in total. The van der Waals surface area contributed by atoms with Crippen molar-refractivity contribution < 1.29 is 13.2 Å². The molecule has 0 radical (unpaired) electrons. The fraction of sp³-hybridized carbons (Fsp3) is 0.300. The van der Waals surface area contributed by atoms with Gasteiger partial charge in [-0.3, -0.25) is 4.79 Å². The molecule has 0 atom stereocenters. The number of tetrazole rings is 1. The molecular formula is C20H22N6O3S. The second-order valence-corrected chi connectivity index (χ2v) is 9.04. The van der Waals surface area contributed by atoms with Crippen LogP contribution >= 0.6 is 0 Å². The molecular weight excluding hydrogens is 404 g/mol. The first kappa shape index (κ1) is 20.2. The van der Waals surface area contributed by atoms with E-state index in [-0.39, 0.29) is 10.8 Å². The van der Waals surface area contributed by atoms with Gasteiger partial charge in [0, 0.05) is 24.3 Å². The van der Waals surface area contributed by atoms with Gasteiger partial charge in [-0.05, 0) is 71.8 Å². The molecule has 0 spiro atoms. The Balaban J connectivity index is 1.44. The molecule has 30 heavy (non-hydrogen) atoms. The lowest BCUT2D eigenvalue weighted by Crippen LogP contribution is -2.31. The molecule has 2 aromatic carbocycles.